The fourth-order valence-electron chi connectivity index (χ4n) is 1.39. The smallest absolute Gasteiger partial charge is 0.265 e. The maximum atomic E-state index is 11.7. The van der Waals surface area contributed by atoms with Gasteiger partial charge in [-0.05, 0) is 12.2 Å². The number of thiocarbonyl (C=S) groups is 1. The fourth-order valence-corrected chi connectivity index (χ4v) is 3.56. The van der Waals surface area contributed by atoms with Crippen molar-refractivity contribution in [2.45, 2.75) is 0 Å². The Labute approximate surface area is 109 Å². The molecule has 16 heavy (non-hydrogen) atoms. The molecule has 2 heterocycles. The van der Waals surface area contributed by atoms with Crippen LogP contribution in [0.15, 0.2) is 22.1 Å². The van der Waals surface area contributed by atoms with Crippen molar-refractivity contribution in [2.75, 3.05) is 26.4 Å². The Hall–Kier alpha value is -0.460. The summed E-state index contributed by atoms with van der Waals surface area (Å²) in [6.45, 7) is 1.07. The third-order valence-electron chi connectivity index (χ3n) is 2.42. The average molecular weight is 272 g/mol. The summed E-state index contributed by atoms with van der Waals surface area (Å²) in [4.78, 5) is 16.1. The van der Waals surface area contributed by atoms with Gasteiger partial charge in [-0.3, -0.25) is 9.69 Å². The zero-order valence-corrected chi connectivity index (χ0v) is 11.5. The van der Waals surface area contributed by atoms with Gasteiger partial charge in [-0.1, -0.05) is 24.0 Å². The van der Waals surface area contributed by atoms with E-state index in [1.165, 1.54) is 21.7 Å². The molecule has 3 nitrogen and oxygen atoms in total. The number of carbonyl (C=O) groups excluding carboxylic acids is 1. The Morgan fingerprint density at radius 3 is 2.62 bits per heavy atom. The first-order chi connectivity index (χ1) is 7.59. The first-order valence-electron chi connectivity index (χ1n) is 4.85. The van der Waals surface area contributed by atoms with Crippen LogP contribution in [0.1, 0.15) is 0 Å². The summed E-state index contributed by atoms with van der Waals surface area (Å²) in [6.07, 6.45) is 3.87. The highest BCUT2D eigenvalue weighted by atomic mass is 32.2. The Bertz CT molecular complexity index is 403. The summed E-state index contributed by atoms with van der Waals surface area (Å²) in [6, 6.07) is 0. The van der Waals surface area contributed by atoms with Crippen molar-refractivity contribution in [1.29, 1.82) is 0 Å². The van der Waals surface area contributed by atoms with Crippen LogP contribution in [0.3, 0.4) is 0 Å². The average Bonchev–Trinajstić information content (AvgIpc) is 2.76. The molecule has 2 fully saturated rings. The molecule has 2 aliphatic heterocycles. The van der Waals surface area contributed by atoms with Gasteiger partial charge >= 0.3 is 0 Å². The van der Waals surface area contributed by atoms with Crippen molar-refractivity contribution >= 4 is 46.0 Å². The second-order valence-corrected chi connectivity index (χ2v) is 6.33. The number of allylic oxidation sites excluding steroid dienone is 2. The van der Waals surface area contributed by atoms with E-state index in [0.29, 0.717) is 9.23 Å². The zero-order chi connectivity index (χ0) is 11.7. The van der Waals surface area contributed by atoms with Crippen LogP contribution in [0.4, 0.5) is 0 Å². The molecule has 0 bridgehead atoms. The van der Waals surface area contributed by atoms with E-state index in [2.05, 4.69) is 11.9 Å². The van der Waals surface area contributed by atoms with Gasteiger partial charge in [0.15, 0.2) is 0 Å². The number of carbonyl (C=O) groups is 1. The zero-order valence-electron chi connectivity index (χ0n) is 9.10. The minimum absolute atomic E-state index is 0.00231. The number of nitrogens with zero attached hydrogens (tertiary/aromatic N) is 2. The van der Waals surface area contributed by atoms with Gasteiger partial charge in [0.2, 0.25) is 0 Å². The van der Waals surface area contributed by atoms with E-state index in [9.17, 15) is 4.79 Å². The Balaban J connectivity index is 2.14. The van der Waals surface area contributed by atoms with E-state index in [1.54, 1.807) is 7.05 Å². The van der Waals surface area contributed by atoms with Crippen LogP contribution in [0, 0.1) is 0 Å². The number of hydrogen-bond donors (Lipinski definition) is 0. The third kappa shape index (κ3) is 2.28. The van der Waals surface area contributed by atoms with Crippen molar-refractivity contribution in [3.8, 4) is 0 Å². The van der Waals surface area contributed by atoms with Gasteiger partial charge in [0.25, 0.3) is 5.91 Å². The Kier molecular flexibility index (Phi) is 3.61. The highest BCUT2D eigenvalue weighted by Gasteiger charge is 2.28. The van der Waals surface area contributed by atoms with Gasteiger partial charge in [-0.2, -0.15) is 0 Å². The van der Waals surface area contributed by atoms with E-state index < -0.39 is 0 Å². The van der Waals surface area contributed by atoms with Gasteiger partial charge < -0.3 is 4.90 Å². The lowest BCUT2D eigenvalue weighted by Crippen LogP contribution is -2.22. The van der Waals surface area contributed by atoms with Crippen LogP contribution in [0.5, 0.6) is 0 Å². The second kappa shape index (κ2) is 4.81. The first kappa shape index (κ1) is 12.0. The SMILES string of the molecule is CN1C(=O)/C(=C/C=C2/SCCN2C)SC1=S. The highest BCUT2D eigenvalue weighted by Crippen LogP contribution is 2.31. The number of hydrogen-bond acceptors (Lipinski definition) is 5. The van der Waals surface area contributed by atoms with Crippen molar-refractivity contribution in [3.05, 3.63) is 22.1 Å². The molecule has 86 valence electrons. The predicted octanol–water partition coefficient (Wildman–Crippen LogP) is 1.88. The predicted molar refractivity (Wildman–Crippen MR) is 74.2 cm³/mol. The molecule has 0 aromatic carbocycles. The molecule has 0 N–H and O–H groups in total. The van der Waals surface area contributed by atoms with Crippen molar-refractivity contribution in [1.82, 2.24) is 9.80 Å². The molecule has 6 heteroatoms. The maximum absolute atomic E-state index is 11.7. The van der Waals surface area contributed by atoms with Crippen LogP contribution in [-0.4, -0.2) is 46.4 Å². The normalized spacial score (nSPS) is 26.6. The van der Waals surface area contributed by atoms with Gasteiger partial charge in [0.1, 0.15) is 4.32 Å². The van der Waals surface area contributed by atoms with Crippen LogP contribution >= 0.6 is 35.7 Å². The lowest BCUT2D eigenvalue weighted by molar-refractivity contribution is -0.121. The van der Waals surface area contributed by atoms with Crippen molar-refractivity contribution in [2.24, 2.45) is 0 Å². The molecule has 0 aromatic rings. The first-order valence-corrected chi connectivity index (χ1v) is 7.06. The monoisotopic (exact) mass is 272 g/mol. The topological polar surface area (TPSA) is 23.6 Å². The van der Waals surface area contributed by atoms with Gasteiger partial charge in [-0.25, -0.2) is 0 Å². The quantitative estimate of drug-likeness (QED) is 0.536. The summed E-state index contributed by atoms with van der Waals surface area (Å²) in [5.41, 5.74) is 0. The van der Waals surface area contributed by atoms with Gasteiger partial charge in [0.05, 0.1) is 9.93 Å². The molecule has 2 saturated heterocycles. The summed E-state index contributed by atoms with van der Waals surface area (Å²) in [7, 11) is 3.77. The number of thioether (sulfide) groups is 2. The lowest BCUT2D eigenvalue weighted by Gasteiger charge is -2.09. The Morgan fingerprint density at radius 1 is 1.38 bits per heavy atom. The standard InChI is InChI=1S/C10H12N2OS3/c1-11-5-6-15-8(11)4-3-7-9(13)12(2)10(14)16-7/h3-4H,5-6H2,1-2H3/b7-3-,8-4+. The molecule has 0 aromatic heterocycles. The van der Waals surface area contributed by atoms with Crippen molar-refractivity contribution < 1.29 is 4.79 Å². The minimum atomic E-state index is -0.00231. The molecule has 0 spiro atoms. The molecule has 0 saturated carbocycles. The van der Waals surface area contributed by atoms with E-state index in [-0.39, 0.29) is 5.91 Å². The summed E-state index contributed by atoms with van der Waals surface area (Å²) in [5.74, 6) is 1.11. The highest BCUT2D eigenvalue weighted by molar-refractivity contribution is 8.26. The van der Waals surface area contributed by atoms with Crippen molar-refractivity contribution in [3.63, 3.8) is 0 Å². The molecular formula is C10H12N2OS3. The number of rotatable bonds is 1. The van der Waals surface area contributed by atoms with Crippen LogP contribution < -0.4 is 0 Å². The van der Waals surface area contributed by atoms with Crippen LogP contribution in [0.2, 0.25) is 0 Å². The second-order valence-electron chi connectivity index (χ2n) is 3.54. The molecule has 2 rings (SSSR count). The lowest BCUT2D eigenvalue weighted by atomic mass is 10.4. The summed E-state index contributed by atoms with van der Waals surface area (Å²) < 4.78 is 0.627. The molecule has 0 atom stereocenters. The molecule has 0 unspecified atom stereocenters. The third-order valence-corrected chi connectivity index (χ3v) is 5.05. The molecule has 1 amide bonds. The van der Waals surface area contributed by atoms with Gasteiger partial charge in [-0.15, -0.1) is 11.8 Å². The van der Waals surface area contributed by atoms with Crippen LogP contribution in [0.25, 0.3) is 0 Å². The van der Waals surface area contributed by atoms with E-state index in [0.717, 1.165) is 12.3 Å². The summed E-state index contributed by atoms with van der Waals surface area (Å²) in [5, 5.41) is 1.21. The molecular weight excluding hydrogens is 260 g/mol. The van der Waals surface area contributed by atoms with Gasteiger partial charge in [0, 0.05) is 26.4 Å². The summed E-state index contributed by atoms with van der Waals surface area (Å²) >= 11 is 8.23. The van der Waals surface area contributed by atoms with Crippen LogP contribution in [-0.2, 0) is 4.79 Å². The van der Waals surface area contributed by atoms with E-state index >= 15 is 0 Å². The molecule has 2 aliphatic rings. The van der Waals surface area contributed by atoms with E-state index in [4.69, 9.17) is 12.2 Å². The maximum Gasteiger partial charge on any atom is 0.265 e. The number of likely N-dealkylation sites (N-methyl/N-ethyl adjacent to an activating group) is 1. The molecule has 0 aliphatic carbocycles. The number of amides is 1. The van der Waals surface area contributed by atoms with E-state index in [1.807, 2.05) is 23.9 Å². The largest absolute Gasteiger partial charge is 0.369 e. The molecule has 0 radical (unpaired) electrons. The Morgan fingerprint density at radius 2 is 2.12 bits per heavy atom. The fraction of sp³-hybridized carbons (Fsp3) is 0.400. The minimum Gasteiger partial charge on any atom is -0.369 e.